The standard InChI is InChI=1S/C19H21FN6.HI/c1-14-3-4-16(9-18(14)20)11-24-19(21-2)23-10-15-5-7-17(8-6-15)26-13-22-12-25-26;/h3-9,12-13H,10-11H2,1-2H3,(H2,21,23,24);1H. The van der Waals surface area contributed by atoms with Gasteiger partial charge in [0.1, 0.15) is 18.5 Å². The highest BCUT2D eigenvalue weighted by Gasteiger charge is 2.03. The van der Waals surface area contributed by atoms with Gasteiger partial charge in [-0.1, -0.05) is 24.3 Å². The highest BCUT2D eigenvalue weighted by Crippen LogP contribution is 2.09. The molecule has 0 aliphatic rings. The van der Waals surface area contributed by atoms with Crippen LogP contribution in [0.5, 0.6) is 0 Å². The molecule has 0 bridgehead atoms. The van der Waals surface area contributed by atoms with Crippen LogP contribution in [0.3, 0.4) is 0 Å². The number of nitrogens with zero attached hydrogens (tertiary/aromatic N) is 4. The van der Waals surface area contributed by atoms with Crippen LogP contribution in [0.25, 0.3) is 5.69 Å². The molecule has 0 aliphatic heterocycles. The average Bonchev–Trinajstić information content (AvgIpc) is 3.20. The summed E-state index contributed by atoms with van der Waals surface area (Å²) >= 11 is 0. The van der Waals surface area contributed by atoms with Gasteiger partial charge in [-0.15, -0.1) is 24.0 Å². The first-order chi connectivity index (χ1) is 12.7. The van der Waals surface area contributed by atoms with Crippen molar-refractivity contribution in [1.29, 1.82) is 0 Å². The predicted molar refractivity (Wildman–Crippen MR) is 115 cm³/mol. The molecule has 0 saturated heterocycles. The summed E-state index contributed by atoms with van der Waals surface area (Å²) in [6.45, 7) is 2.88. The molecule has 27 heavy (non-hydrogen) atoms. The van der Waals surface area contributed by atoms with Gasteiger partial charge in [0.05, 0.1) is 5.69 Å². The SMILES string of the molecule is CN=C(NCc1ccc(-n2cncn2)cc1)NCc1ccc(C)c(F)c1.I. The second kappa shape index (κ2) is 10.0. The topological polar surface area (TPSA) is 67.1 Å². The minimum absolute atomic E-state index is 0. The Labute approximate surface area is 175 Å². The van der Waals surface area contributed by atoms with Crippen molar-refractivity contribution >= 4 is 29.9 Å². The van der Waals surface area contributed by atoms with Crippen molar-refractivity contribution in [3.8, 4) is 5.69 Å². The Balaban J connectivity index is 0.00000261. The molecule has 1 aromatic heterocycles. The number of nitrogens with one attached hydrogen (secondary N) is 2. The van der Waals surface area contributed by atoms with Crippen molar-refractivity contribution in [3.63, 3.8) is 0 Å². The van der Waals surface area contributed by atoms with Gasteiger partial charge in [-0.2, -0.15) is 5.10 Å². The summed E-state index contributed by atoms with van der Waals surface area (Å²) in [7, 11) is 1.71. The first-order valence-corrected chi connectivity index (χ1v) is 8.29. The number of aryl methyl sites for hydroxylation is 1. The van der Waals surface area contributed by atoms with Crippen LogP contribution in [0.2, 0.25) is 0 Å². The summed E-state index contributed by atoms with van der Waals surface area (Å²) in [6, 6.07) is 13.2. The predicted octanol–water partition coefficient (Wildman–Crippen LogP) is 3.20. The molecule has 0 spiro atoms. The number of guanidine groups is 1. The minimum atomic E-state index is -0.195. The monoisotopic (exact) mass is 480 g/mol. The molecule has 3 aromatic rings. The van der Waals surface area contributed by atoms with Crippen LogP contribution in [0, 0.1) is 12.7 Å². The van der Waals surface area contributed by atoms with Gasteiger partial charge in [0.25, 0.3) is 0 Å². The minimum Gasteiger partial charge on any atom is -0.352 e. The lowest BCUT2D eigenvalue weighted by Crippen LogP contribution is -2.36. The molecule has 0 fully saturated rings. The van der Waals surface area contributed by atoms with Crippen molar-refractivity contribution in [3.05, 3.63) is 77.6 Å². The van der Waals surface area contributed by atoms with E-state index in [4.69, 9.17) is 0 Å². The van der Waals surface area contributed by atoms with Gasteiger partial charge in [-0.3, -0.25) is 4.99 Å². The van der Waals surface area contributed by atoms with E-state index in [-0.39, 0.29) is 29.8 Å². The Kier molecular flexibility index (Phi) is 7.71. The summed E-state index contributed by atoms with van der Waals surface area (Å²) < 4.78 is 15.3. The summed E-state index contributed by atoms with van der Waals surface area (Å²) in [5, 5.41) is 10.5. The molecule has 8 heteroatoms. The van der Waals surface area contributed by atoms with Gasteiger partial charge in [0.2, 0.25) is 0 Å². The lowest BCUT2D eigenvalue weighted by molar-refractivity contribution is 0.615. The first kappa shape index (κ1) is 20.8. The lowest BCUT2D eigenvalue weighted by Gasteiger charge is -2.12. The Morgan fingerprint density at radius 2 is 1.74 bits per heavy atom. The number of aromatic nitrogens is 3. The maximum atomic E-state index is 13.6. The molecule has 0 atom stereocenters. The molecule has 6 nitrogen and oxygen atoms in total. The molecule has 0 amide bonds. The van der Waals surface area contributed by atoms with Gasteiger partial charge >= 0.3 is 0 Å². The Bertz CT molecular complexity index is 878. The second-order valence-electron chi connectivity index (χ2n) is 5.87. The number of rotatable bonds is 5. The number of benzene rings is 2. The van der Waals surface area contributed by atoms with E-state index in [1.165, 1.54) is 6.33 Å². The fourth-order valence-corrected chi connectivity index (χ4v) is 2.45. The third kappa shape index (κ3) is 5.75. The van der Waals surface area contributed by atoms with Crippen LogP contribution < -0.4 is 10.6 Å². The Morgan fingerprint density at radius 1 is 1.07 bits per heavy atom. The smallest absolute Gasteiger partial charge is 0.191 e. The fraction of sp³-hybridized carbons (Fsp3) is 0.211. The average molecular weight is 480 g/mol. The van der Waals surface area contributed by atoms with E-state index in [2.05, 4.69) is 25.7 Å². The third-order valence-electron chi connectivity index (χ3n) is 4.00. The van der Waals surface area contributed by atoms with Crippen LogP contribution in [0.4, 0.5) is 4.39 Å². The van der Waals surface area contributed by atoms with Gasteiger partial charge in [0, 0.05) is 20.1 Å². The normalized spacial score (nSPS) is 11.0. The van der Waals surface area contributed by atoms with Crippen LogP contribution in [0.15, 0.2) is 60.1 Å². The quantitative estimate of drug-likeness (QED) is 0.335. The van der Waals surface area contributed by atoms with Gasteiger partial charge in [0.15, 0.2) is 5.96 Å². The third-order valence-corrected chi connectivity index (χ3v) is 4.00. The summed E-state index contributed by atoms with van der Waals surface area (Å²) in [5.41, 5.74) is 3.58. The van der Waals surface area contributed by atoms with E-state index in [1.807, 2.05) is 30.3 Å². The van der Waals surface area contributed by atoms with Crippen molar-refractivity contribution in [2.45, 2.75) is 20.0 Å². The summed E-state index contributed by atoms with van der Waals surface area (Å²) in [4.78, 5) is 8.13. The van der Waals surface area contributed by atoms with E-state index in [1.54, 1.807) is 37.1 Å². The van der Waals surface area contributed by atoms with Crippen molar-refractivity contribution in [2.75, 3.05) is 7.05 Å². The lowest BCUT2D eigenvalue weighted by atomic mass is 10.1. The van der Waals surface area contributed by atoms with E-state index in [0.29, 0.717) is 24.6 Å². The summed E-state index contributed by atoms with van der Waals surface area (Å²) in [6.07, 6.45) is 3.16. The molecule has 0 saturated carbocycles. The van der Waals surface area contributed by atoms with Crippen LogP contribution in [-0.2, 0) is 13.1 Å². The van der Waals surface area contributed by atoms with Crippen LogP contribution in [0.1, 0.15) is 16.7 Å². The number of aliphatic imine (C=N–C) groups is 1. The zero-order valence-electron chi connectivity index (χ0n) is 15.2. The molecule has 142 valence electrons. The molecule has 0 radical (unpaired) electrons. The first-order valence-electron chi connectivity index (χ1n) is 8.29. The number of halogens is 2. The van der Waals surface area contributed by atoms with Gasteiger partial charge < -0.3 is 10.6 Å². The zero-order chi connectivity index (χ0) is 18.4. The fourth-order valence-electron chi connectivity index (χ4n) is 2.45. The van der Waals surface area contributed by atoms with Crippen LogP contribution >= 0.6 is 24.0 Å². The van der Waals surface area contributed by atoms with E-state index >= 15 is 0 Å². The molecule has 3 rings (SSSR count). The molecule has 2 aromatic carbocycles. The maximum Gasteiger partial charge on any atom is 0.191 e. The highest BCUT2D eigenvalue weighted by molar-refractivity contribution is 14.0. The molecule has 0 unspecified atom stereocenters. The van der Waals surface area contributed by atoms with Gasteiger partial charge in [-0.25, -0.2) is 14.1 Å². The highest BCUT2D eigenvalue weighted by atomic mass is 127. The Hall–Kier alpha value is -2.49. The van der Waals surface area contributed by atoms with E-state index in [9.17, 15) is 4.39 Å². The second-order valence-corrected chi connectivity index (χ2v) is 5.87. The van der Waals surface area contributed by atoms with E-state index < -0.39 is 0 Å². The molecular formula is C19H22FIN6. The van der Waals surface area contributed by atoms with Crippen LogP contribution in [-0.4, -0.2) is 27.8 Å². The Morgan fingerprint density at radius 3 is 2.33 bits per heavy atom. The summed E-state index contributed by atoms with van der Waals surface area (Å²) in [5.74, 6) is 0.464. The van der Waals surface area contributed by atoms with Crippen molar-refractivity contribution in [2.24, 2.45) is 4.99 Å². The molecule has 2 N–H and O–H groups in total. The maximum absolute atomic E-state index is 13.6. The zero-order valence-corrected chi connectivity index (χ0v) is 17.5. The van der Waals surface area contributed by atoms with Gasteiger partial charge in [-0.05, 0) is 41.8 Å². The molecule has 0 aliphatic carbocycles. The molecule has 1 heterocycles. The molecular weight excluding hydrogens is 458 g/mol. The van der Waals surface area contributed by atoms with Crippen molar-refractivity contribution in [1.82, 2.24) is 25.4 Å². The van der Waals surface area contributed by atoms with E-state index in [0.717, 1.165) is 16.8 Å². The number of hydrogen-bond donors (Lipinski definition) is 2. The number of hydrogen-bond acceptors (Lipinski definition) is 3. The van der Waals surface area contributed by atoms with Crippen molar-refractivity contribution < 1.29 is 4.39 Å². The largest absolute Gasteiger partial charge is 0.352 e.